The Bertz CT molecular complexity index is 797. The topological polar surface area (TPSA) is 67.4 Å². The van der Waals surface area contributed by atoms with Crippen molar-refractivity contribution in [2.75, 3.05) is 13.7 Å². The maximum Gasteiger partial charge on any atom is 0.242 e. The van der Waals surface area contributed by atoms with E-state index in [4.69, 9.17) is 4.74 Å². The third kappa shape index (κ3) is 4.61. The summed E-state index contributed by atoms with van der Waals surface area (Å²) in [5, 5.41) is 6.23. The summed E-state index contributed by atoms with van der Waals surface area (Å²) in [6, 6.07) is 5.60. The van der Waals surface area contributed by atoms with Crippen LogP contribution in [0.25, 0.3) is 0 Å². The first-order valence-electron chi connectivity index (χ1n) is 12.0. The van der Waals surface area contributed by atoms with Gasteiger partial charge in [0.1, 0.15) is 11.8 Å². The number of carbonyl (C=O) groups excluding carboxylic acids is 2. The quantitative estimate of drug-likeness (QED) is 0.660. The lowest BCUT2D eigenvalue weighted by Crippen LogP contribution is -2.58. The first kappa shape index (κ1) is 22.2. The van der Waals surface area contributed by atoms with Gasteiger partial charge < -0.3 is 15.4 Å². The highest BCUT2D eigenvalue weighted by molar-refractivity contribution is 5.90. The number of ether oxygens (including phenoxy) is 1. The molecule has 170 valence electrons. The van der Waals surface area contributed by atoms with E-state index in [1.165, 1.54) is 24.8 Å². The fourth-order valence-corrected chi connectivity index (χ4v) is 6.75. The second kappa shape index (κ2) is 8.84. The molecule has 31 heavy (non-hydrogen) atoms. The molecule has 0 aromatic heterocycles. The van der Waals surface area contributed by atoms with Crippen molar-refractivity contribution in [2.24, 2.45) is 29.1 Å². The van der Waals surface area contributed by atoms with Crippen molar-refractivity contribution in [1.82, 2.24) is 10.6 Å². The van der Waals surface area contributed by atoms with Crippen LogP contribution in [-0.4, -0.2) is 31.5 Å². The Labute approximate surface area is 186 Å². The number of rotatable bonds is 8. The summed E-state index contributed by atoms with van der Waals surface area (Å²) in [7, 11) is 1.67. The highest BCUT2D eigenvalue weighted by Crippen LogP contribution is 2.60. The van der Waals surface area contributed by atoms with E-state index in [1.807, 2.05) is 26.0 Å². The van der Waals surface area contributed by atoms with Gasteiger partial charge in [-0.1, -0.05) is 31.5 Å². The number of amides is 2. The lowest BCUT2D eigenvalue weighted by atomic mass is 9.49. The molecule has 0 unspecified atom stereocenters. The monoisotopic (exact) mass is 426 g/mol. The molecule has 4 aliphatic rings. The lowest BCUT2D eigenvalue weighted by molar-refractivity contribution is -0.149. The molecule has 0 saturated heterocycles. The average Bonchev–Trinajstić information content (AvgIpc) is 2.70. The van der Waals surface area contributed by atoms with E-state index in [0.717, 1.165) is 30.6 Å². The minimum Gasteiger partial charge on any atom is -0.496 e. The van der Waals surface area contributed by atoms with Gasteiger partial charge in [-0.25, -0.2) is 0 Å². The normalized spacial score (nSPS) is 29.6. The van der Waals surface area contributed by atoms with E-state index >= 15 is 0 Å². The molecule has 4 saturated carbocycles. The molecule has 4 bridgehead atoms. The van der Waals surface area contributed by atoms with Gasteiger partial charge in [-0.2, -0.15) is 0 Å². The van der Waals surface area contributed by atoms with Gasteiger partial charge in [0, 0.05) is 12.0 Å². The maximum absolute atomic E-state index is 13.4. The molecule has 1 atom stereocenters. The third-order valence-corrected chi connectivity index (χ3v) is 7.89. The smallest absolute Gasteiger partial charge is 0.242 e. The minimum absolute atomic E-state index is 0.0476. The molecule has 2 N–H and O–H groups in total. The second-order valence-corrected chi connectivity index (χ2v) is 10.7. The summed E-state index contributed by atoms with van der Waals surface area (Å²) < 4.78 is 5.44. The van der Waals surface area contributed by atoms with Crippen molar-refractivity contribution in [3.05, 3.63) is 29.3 Å². The zero-order valence-electron chi connectivity index (χ0n) is 19.5. The fraction of sp³-hybridized carbons (Fsp3) is 0.692. The van der Waals surface area contributed by atoms with E-state index in [9.17, 15) is 9.59 Å². The number of benzene rings is 1. The third-order valence-electron chi connectivity index (χ3n) is 7.89. The van der Waals surface area contributed by atoms with Gasteiger partial charge in [0.15, 0.2) is 0 Å². The van der Waals surface area contributed by atoms with E-state index in [2.05, 4.69) is 23.6 Å². The highest BCUT2D eigenvalue weighted by Gasteiger charge is 2.55. The lowest BCUT2D eigenvalue weighted by Gasteiger charge is -2.55. The summed E-state index contributed by atoms with van der Waals surface area (Å²) in [6.45, 7) is 6.59. The Morgan fingerprint density at radius 3 is 2.26 bits per heavy atom. The van der Waals surface area contributed by atoms with Crippen molar-refractivity contribution >= 4 is 11.8 Å². The summed E-state index contributed by atoms with van der Waals surface area (Å²) in [5.41, 5.74) is 2.03. The summed E-state index contributed by atoms with van der Waals surface area (Å²) in [6.07, 6.45) is 7.68. The SMILES string of the molecule is COc1ccc(C)cc1CCNC(=O)[C@@H](NC(=O)C12CC3CC(CC(C3)C1)C2)C(C)C. The van der Waals surface area contributed by atoms with Gasteiger partial charge >= 0.3 is 0 Å². The van der Waals surface area contributed by atoms with Crippen LogP contribution in [0.15, 0.2) is 18.2 Å². The molecule has 4 fully saturated rings. The standard InChI is InChI=1S/C26H38N2O3/c1-16(2)23(24(29)27-8-7-21-9-17(3)5-6-22(21)31-4)28-25(30)26-13-18-10-19(14-26)12-20(11-18)15-26/h5-6,9,16,18-20,23H,7-8,10-15H2,1-4H3,(H,27,29)(H,28,30)/t18?,19?,20?,23-,26?/m0/s1. The Hall–Kier alpha value is -2.04. The van der Waals surface area contributed by atoms with Crippen LogP contribution in [0, 0.1) is 36.0 Å². The minimum atomic E-state index is -0.486. The van der Waals surface area contributed by atoms with Gasteiger partial charge in [0.05, 0.1) is 7.11 Å². The van der Waals surface area contributed by atoms with Crippen molar-refractivity contribution < 1.29 is 14.3 Å². The first-order chi connectivity index (χ1) is 14.8. The Morgan fingerprint density at radius 2 is 1.71 bits per heavy atom. The van der Waals surface area contributed by atoms with Gasteiger partial charge in [-0.15, -0.1) is 0 Å². The molecule has 4 aliphatic carbocycles. The number of aryl methyl sites for hydroxylation is 1. The average molecular weight is 427 g/mol. The molecule has 5 nitrogen and oxygen atoms in total. The highest BCUT2D eigenvalue weighted by atomic mass is 16.5. The Balaban J connectivity index is 1.36. The number of carbonyl (C=O) groups is 2. The molecular weight excluding hydrogens is 388 g/mol. The van der Waals surface area contributed by atoms with Crippen LogP contribution in [0.3, 0.4) is 0 Å². The predicted octanol–water partition coefficient (Wildman–Crippen LogP) is 4.02. The van der Waals surface area contributed by atoms with Crippen molar-refractivity contribution in [1.29, 1.82) is 0 Å². The van der Waals surface area contributed by atoms with E-state index in [1.54, 1.807) is 7.11 Å². The Kier molecular flexibility index (Phi) is 6.32. The summed E-state index contributed by atoms with van der Waals surface area (Å²) >= 11 is 0. The van der Waals surface area contributed by atoms with E-state index in [-0.39, 0.29) is 23.1 Å². The van der Waals surface area contributed by atoms with Crippen LogP contribution in [-0.2, 0) is 16.0 Å². The maximum atomic E-state index is 13.4. The predicted molar refractivity (Wildman–Crippen MR) is 122 cm³/mol. The van der Waals surface area contributed by atoms with E-state index in [0.29, 0.717) is 30.7 Å². The first-order valence-corrected chi connectivity index (χ1v) is 12.0. The molecule has 0 spiro atoms. The van der Waals surface area contributed by atoms with Gasteiger partial charge in [0.25, 0.3) is 0 Å². The van der Waals surface area contributed by atoms with Crippen molar-refractivity contribution in [2.45, 2.75) is 71.8 Å². The van der Waals surface area contributed by atoms with Crippen LogP contribution in [0.1, 0.15) is 63.5 Å². The molecule has 1 aromatic carbocycles. The molecule has 5 heteroatoms. The number of nitrogens with one attached hydrogen (secondary N) is 2. The van der Waals surface area contributed by atoms with Crippen LogP contribution < -0.4 is 15.4 Å². The van der Waals surface area contributed by atoms with Gasteiger partial charge in [-0.05, 0) is 87.2 Å². The molecule has 2 amide bonds. The molecule has 1 aromatic rings. The molecule has 0 radical (unpaired) electrons. The molecule has 0 aliphatic heterocycles. The van der Waals surface area contributed by atoms with Crippen LogP contribution in [0.4, 0.5) is 0 Å². The largest absolute Gasteiger partial charge is 0.496 e. The van der Waals surface area contributed by atoms with Gasteiger partial charge in [-0.3, -0.25) is 9.59 Å². The summed E-state index contributed by atoms with van der Waals surface area (Å²) in [5.74, 6) is 3.08. The molecule has 0 heterocycles. The van der Waals surface area contributed by atoms with Crippen LogP contribution in [0.5, 0.6) is 5.75 Å². The molecule has 5 rings (SSSR count). The van der Waals surface area contributed by atoms with Gasteiger partial charge in [0.2, 0.25) is 11.8 Å². The zero-order valence-corrected chi connectivity index (χ0v) is 19.5. The molecular formula is C26H38N2O3. The Morgan fingerprint density at radius 1 is 1.10 bits per heavy atom. The fourth-order valence-electron chi connectivity index (χ4n) is 6.75. The number of methoxy groups -OCH3 is 1. The number of hydrogen-bond donors (Lipinski definition) is 2. The van der Waals surface area contributed by atoms with Crippen molar-refractivity contribution in [3.63, 3.8) is 0 Å². The van der Waals surface area contributed by atoms with Crippen LogP contribution in [0.2, 0.25) is 0 Å². The number of hydrogen-bond acceptors (Lipinski definition) is 3. The van der Waals surface area contributed by atoms with Crippen molar-refractivity contribution in [3.8, 4) is 5.75 Å². The van der Waals surface area contributed by atoms with Crippen LogP contribution >= 0.6 is 0 Å². The summed E-state index contributed by atoms with van der Waals surface area (Å²) in [4.78, 5) is 26.4. The zero-order chi connectivity index (χ0) is 22.2. The van der Waals surface area contributed by atoms with E-state index < -0.39 is 6.04 Å². The second-order valence-electron chi connectivity index (χ2n) is 10.7.